The zero-order valence-corrected chi connectivity index (χ0v) is 22.3. The van der Waals surface area contributed by atoms with Crippen molar-refractivity contribution in [3.05, 3.63) is 106 Å². The first-order chi connectivity index (χ1) is 19.4. The summed E-state index contributed by atoms with van der Waals surface area (Å²) in [5, 5.41) is 0. The summed E-state index contributed by atoms with van der Waals surface area (Å²) in [5.41, 5.74) is -1.09. The molecule has 0 N–H and O–H groups in total. The second kappa shape index (κ2) is 11.7. The maximum Gasteiger partial charge on any atom is 0.416 e. The number of alkyl halides is 6. The number of rotatable bonds is 6. The molecule has 0 aromatic heterocycles. The van der Waals surface area contributed by atoms with Gasteiger partial charge < -0.3 is 9.47 Å². The second-order valence-electron chi connectivity index (χ2n) is 10.9. The van der Waals surface area contributed by atoms with E-state index in [-0.39, 0.29) is 29.4 Å². The third-order valence-corrected chi connectivity index (χ3v) is 8.01. The fourth-order valence-electron chi connectivity index (χ4n) is 6.10. The Kier molecular flexibility index (Phi) is 8.46. The lowest BCUT2D eigenvalue weighted by atomic mass is 9.76. The maximum atomic E-state index is 13.9. The van der Waals surface area contributed by atoms with Crippen LogP contribution in [0.5, 0.6) is 0 Å². The predicted octanol–water partition coefficient (Wildman–Crippen LogP) is 7.70. The molecule has 2 aliphatic rings. The molecule has 0 bridgehead atoms. The van der Waals surface area contributed by atoms with Crippen molar-refractivity contribution in [1.82, 2.24) is 4.90 Å². The van der Waals surface area contributed by atoms with Gasteiger partial charge in [-0.3, -0.25) is 4.90 Å². The molecule has 3 aromatic rings. The van der Waals surface area contributed by atoms with Crippen molar-refractivity contribution in [3.8, 4) is 0 Å². The highest BCUT2D eigenvalue weighted by molar-refractivity contribution is 5.33. The first-order valence-corrected chi connectivity index (χ1v) is 13.4. The molecule has 0 unspecified atom stereocenters. The molecule has 0 aliphatic carbocycles. The van der Waals surface area contributed by atoms with Gasteiger partial charge in [-0.15, -0.1) is 0 Å². The Labute approximate surface area is 233 Å². The molecule has 220 valence electrons. The summed E-state index contributed by atoms with van der Waals surface area (Å²) in [4.78, 5) is 2.31. The molecule has 0 saturated carbocycles. The number of hydrogen-bond acceptors (Lipinski definition) is 3. The maximum absolute atomic E-state index is 13.9. The standard InChI is InChI=1S/C31H30F7NO2/c1-19-29(41-17-21-11-24(30(33,34)35)13-25(12-21)31(36,37)38)28(22-7-9-26(32)10-8-22)27-16-39(15-23(27)18-40-19)14-20-5-3-2-4-6-20/h2-13,19,23,27-29H,14-18H2,1H3/t19-,23+,27-,28+,29+/m1/s1. The van der Waals surface area contributed by atoms with Crippen LogP contribution in [-0.4, -0.2) is 36.8 Å². The zero-order chi connectivity index (χ0) is 29.4. The van der Waals surface area contributed by atoms with Crippen LogP contribution in [0.15, 0.2) is 72.8 Å². The zero-order valence-electron chi connectivity index (χ0n) is 22.3. The lowest BCUT2D eigenvalue weighted by molar-refractivity contribution is -0.143. The normalized spacial score (nSPS) is 25.6. The fraction of sp³-hybridized carbons (Fsp3) is 0.419. The highest BCUT2D eigenvalue weighted by Gasteiger charge is 2.47. The van der Waals surface area contributed by atoms with Crippen LogP contribution in [0.3, 0.4) is 0 Å². The van der Waals surface area contributed by atoms with Crippen molar-refractivity contribution in [2.45, 2.75) is 50.6 Å². The highest BCUT2D eigenvalue weighted by atomic mass is 19.4. The summed E-state index contributed by atoms with van der Waals surface area (Å²) >= 11 is 0. The average Bonchev–Trinajstić information content (AvgIpc) is 3.26. The smallest absolute Gasteiger partial charge is 0.375 e. The monoisotopic (exact) mass is 581 g/mol. The molecule has 3 aromatic carbocycles. The summed E-state index contributed by atoms with van der Waals surface area (Å²) in [7, 11) is 0. The number of ether oxygens (including phenoxy) is 2. The van der Waals surface area contributed by atoms with Gasteiger partial charge in [0.2, 0.25) is 0 Å². The largest absolute Gasteiger partial charge is 0.416 e. The average molecular weight is 582 g/mol. The summed E-state index contributed by atoms with van der Waals surface area (Å²) in [6.45, 7) is 3.88. The lowest BCUT2D eigenvalue weighted by Gasteiger charge is -2.34. The van der Waals surface area contributed by atoms with Crippen molar-refractivity contribution in [3.63, 3.8) is 0 Å². The molecule has 0 amide bonds. The van der Waals surface area contributed by atoms with Crippen LogP contribution in [0, 0.1) is 17.7 Å². The minimum absolute atomic E-state index is 0.00590. The number of halogens is 7. The van der Waals surface area contributed by atoms with Crippen LogP contribution in [-0.2, 0) is 35.0 Å². The molecule has 2 saturated heterocycles. The molecule has 2 aliphatic heterocycles. The van der Waals surface area contributed by atoms with E-state index in [4.69, 9.17) is 9.47 Å². The minimum atomic E-state index is -4.95. The molecule has 0 spiro atoms. The van der Waals surface area contributed by atoms with Crippen LogP contribution in [0.25, 0.3) is 0 Å². The number of likely N-dealkylation sites (tertiary alicyclic amines) is 1. The van der Waals surface area contributed by atoms with E-state index in [1.54, 1.807) is 19.1 Å². The Bertz CT molecular complexity index is 1280. The van der Waals surface area contributed by atoms with Crippen LogP contribution in [0.2, 0.25) is 0 Å². The molecule has 0 radical (unpaired) electrons. The molecule has 10 heteroatoms. The quantitative estimate of drug-likeness (QED) is 0.279. The number of nitrogens with zero attached hydrogens (tertiary/aromatic N) is 1. The van der Waals surface area contributed by atoms with Crippen molar-refractivity contribution >= 4 is 0 Å². The van der Waals surface area contributed by atoms with Gasteiger partial charge in [-0.2, -0.15) is 26.3 Å². The van der Waals surface area contributed by atoms with Gasteiger partial charge in [-0.05, 0) is 65.8 Å². The lowest BCUT2D eigenvalue weighted by Crippen LogP contribution is -2.37. The van der Waals surface area contributed by atoms with Gasteiger partial charge in [0, 0.05) is 25.6 Å². The van der Waals surface area contributed by atoms with Gasteiger partial charge in [0.1, 0.15) is 5.82 Å². The van der Waals surface area contributed by atoms with E-state index in [9.17, 15) is 30.7 Å². The molecule has 5 rings (SSSR count). The first kappa shape index (κ1) is 29.5. The van der Waals surface area contributed by atoms with Crippen LogP contribution in [0.4, 0.5) is 30.7 Å². The Balaban J connectivity index is 1.45. The number of hydrogen-bond donors (Lipinski definition) is 0. The molecular formula is C31H30F7NO2. The van der Waals surface area contributed by atoms with Crippen molar-refractivity contribution in [2.75, 3.05) is 19.7 Å². The van der Waals surface area contributed by atoms with E-state index in [1.165, 1.54) is 12.1 Å². The van der Waals surface area contributed by atoms with E-state index in [1.807, 2.05) is 30.3 Å². The summed E-state index contributed by atoms with van der Waals surface area (Å²) in [6.07, 6.45) is -11.1. The number of fused-ring (bicyclic) bond motifs is 1. The predicted molar refractivity (Wildman–Crippen MR) is 138 cm³/mol. The fourth-order valence-corrected chi connectivity index (χ4v) is 6.10. The van der Waals surface area contributed by atoms with Gasteiger partial charge in [0.25, 0.3) is 0 Å². The van der Waals surface area contributed by atoms with Crippen LogP contribution < -0.4 is 0 Å². The van der Waals surface area contributed by atoms with Gasteiger partial charge in [0.05, 0.1) is 36.5 Å². The molecule has 5 atom stereocenters. The Morgan fingerprint density at radius 1 is 0.829 bits per heavy atom. The third kappa shape index (κ3) is 6.93. The minimum Gasteiger partial charge on any atom is -0.375 e. The van der Waals surface area contributed by atoms with Crippen LogP contribution in [0.1, 0.15) is 40.7 Å². The van der Waals surface area contributed by atoms with Crippen LogP contribution >= 0.6 is 0 Å². The molecular weight excluding hydrogens is 551 g/mol. The number of benzene rings is 3. The van der Waals surface area contributed by atoms with E-state index >= 15 is 0 Å². The highest BCUT2D eigenvalue weighted by Crippen LogP contribution is 2.44. The topological polar surface area (TPSA) is 21.7 Å². The summed E-state index contributed by atoms with van der Waals surface area (Å²) in [6, 6.07) is 17.5. The molecule has 41 heavy (non-hydrogen) atoms. The summed E-state index contributed by atoms with van der Waals surface area (Å²) in [5.74, 6) is -0.630. The van der Waals surface area contributed by atoms with Gasteiger partial charge in [-0.1, -0.05) is 42.5 Å². The van der Waals surface area contributed by atoms with E-state index in [2.05, 4.69) is 4.90 Å². The van der Waals surface area contributed by atoms with E-state index in [0.29, 0.717) is 25.3 Å². The van der Waals surface area contributed by atoms with Gasteiger partial charge in [0.15, 0.2) is 0 Å². The van der Waals surface area contributed by atoms with Crippen molar-refractivity contribution < 1.29 is 40.2 Å². The Morgan fingerprint density at radius 2 is 1.46 bits per heavy atom. The van der Waals surface area contributed by atoms with Crippen molar-refractivity contribution in [1.29, 1.82) is 0 Å². The van der Waals surface area contributed by atoms with E-state index in [0.717, 1.165) is 24.2 Å². The van der Waals surface area contributed by atoms with Gasteiger partial charge >= 0.3 is 12.4 Å². The molecule has 2 fully saturated rings. The molecule has 3 nitrogen and oxygen atoms in total. The van der Waals surface area contributed by atoms with E-state index < -0.39 is 48.1 Å². The Hall–Kier alpha value is -2.95. The second-order valence-corrected chi connectivity index (χ2v) is 10.9. The third-order valence-electron chi connectivity index (χ3n) is 8.01. The van der Waals surface area contributed by atoms with Crippen molar-refractivity contribution in [2.24, 2.45) is 11.8 Å². The summed E-state index contributed by atoms with van der Waals surface area (Å²) < 4.78 is 107. The van der Waals surface area contributed by atoms with Gasteiger partial charge in [-0.25, -0.2) is 4.39 Å². The Morgan fingerprint density at radius 3 is 2.07 bits per heavy atom. The molecule has 2 heterocycles. The SMILES string of the molecule is C[C@H]1OC[C@@H]2CN(Cc3ccccc3)C[C@H]2[C@H](c2ccc(F)cc2)[C@H]1OCc1cc(C(F)(F)F)cc(C(F)(F)F)c1. The first-order valence-electron chi connectivity index (χ1n) is 13.4.